The second kappa shape index (κ2) is 10.0. The fourth-order valence-electron chi connectivity index (χ4n) is 3.30. The van der Waals surface area contributed by atoms with Crippen LogP contribution in [0.2, 0.25) is 0 Å². The average Bonchev–Trinajstić information content (AvgIpc) is 2.65. The highest BCUT2D eigenvalue weighted by Crippen LogP contribution is 2.18. The molecule has 1 saturated heterocycles. The maximum absolute atomic E-state index is 11.5. The Morgan fingerprint density at radius 1 is 1.15 bits per heavy atom. The summed E-state index contributed by atoms with van der Waals surface area (Å²) in [6.45, 7) is 14.7. The number of carbonyl (C=O) groups is 1. The number of hydrogen-bond donors (Lipinski definition) is 1. The number of nitrogens with one attached hydrogen (secondary N) is 1. The third-order valence-electron chi connectivity index (χ3n) is 4.83. The Hall–Kier alpha value is -2.24. The zero-order chi connectivity index (χ0) is 18.9. The Morgan fingerprint density at radius 2 is 1.81 bits per heavy atom. The van der Waals surface area contributed by atoms with Crippen molar-refractivity contribution in [1.82, 2.24) is 15.1 Å². The van der Waals surface area contributed by atoms with E-state index in [4.69, 9.17) is 4.99 Å². The van der Waals surface area contributed by atoms with E-state index in [1.807, 2.05) is 4.90 Å². The lowest BCUT2D eigenvalue weighted by molar-refractivity contribution is -0.130. The van der Waals surface area contributed by atoms with Crippen molar-refractivity contribution in [3.63, 3.8) is 0 Å². The Kier molecular flexibility index (Phi) is 7.75. The number of amides is 1. The van der Waals surface area contributed by atoms with Gasteiger partial charge in [-0.1, -0.05) is 18.2 Å². The summed E-state index contributed by atoms with van der Waals surface area (Å²) in [6.07, 6.45) is 0. The highest BCUT2D eigenvalue weighted by Gasteiger charge is 2.20. The van der Waals surface area contributed by atoms with Crippen LogP contribution in [-0.4, -0.2) is 74.0 Å². The highest BCUT2D eigenvalue weighted by atomic mass is 16.2. The molecular weight excluding hydrogens is 326 g/mol. The number of anilines is 1. The van der Waals surface area contributed by atoms with Crippen molar-refractivity contribution in [3.05, 3.63) is 29.8 Å². The number of aliphatic imine (C=N–C) groups is 1. The van der Waals surface area contributed by atoms with Crippen LogP contribution < -0.4 is 10.2 Å². The SMILES string of the molecule is CCNC(=NCCN(CC)c1ccccc1C)N1CCN(C(C)=O)CC1. The van der Waals surface area contributed by atoms with Crippen molar-refractivity contribution in [2.75, 3.05) is 57.3 Å². The topological polar surface area (TPSA) is 51.2 Å². The van der Waals surface area contributed by atoms with E-state index in [-0.39, 0.29) is 5.91 Å². The number of likely N-dealkylation sites (N-methyl/N-ethyl adjacent to an activating group) is 1. The van der Waals surface area contributed by atoms with Gasteiger partial charge in [0.15, 0.2) is 5.96 Å². The summed E-state index contributed by atoms with van der Waals surface area (Å²) in [4.78, 5) is 22.9. The van der Waals surface area contributed by atoms with E-state index in [1.165, 1.54) is 11.3 Å². The van der Waals surface area contributed by atoms with Crippen molar-refractivity contribution in [1.29, 1.82) is 0 Å². The Labute approximate surface area is 157 Å². The van der Waals surface area contributed by atoms with Crippen molar-refractivity contribution in [3.8, 4) is 0 Å². The van der Waals surface area contributed by atoms with Gasteiger partial charge in [0.1, 0.15) is 0 Å². The molecule has 2 rings (SSSR count). The van der Waals surface area contributed by atoms with E-state index in [2.05, 4.69) is 60.2 Å². The average molecular weight is 360 g/mol. The summed E-state index contributed by atoms with van der Waals surface area (Å²) in [6, 6.07) is 8.50. The number of aryl methyl sites for hydroxylation is 1. The normalized spacial score (nSPS) is 15.2. The molecule has 1 aliphatic rings. The second-order valence-electron chi connectivity index (χ2n) is 6.59. The van der Waals surface area contributed by atoms with Crippen LogP contribution in [0.1, 0.15) is 26.3 Å². The number of benzene rings is 1. The summed E-state index contributed by atoms with van der Waals surface area (Å²) in [5.41, 5.74) is 2.58. The number of guanidine groups is 1. The van der Waals surface area contributed by atoms with Crippen LogP contribution in [0, 0.1) is 6.92 Å². The van der Waals surface area contributed by atoms with Gasteiger partial charge < -0.3 is 20.0 Å². The van der Waals surface area contributed by atoms with Crippen molar-refractivity contribution < 1.29 is 4.79 Å². The van der Waals surface area contributed by atoms with E-state index in [0.29, 0.717) is 0 Å². The molecule has 1 amide bonds. The van der Waals surface area contributed by atoms with Crippen LogP contribution in [0.4, 0.5) is 5.69 Å². The monoisotopic (exact) mass is 359 g/mol. The predicted octanol–water partition coefficient (Wildman–Crippen LogP) is 1.95. The lowest BCUT2D eigenvalue weighted by Gasteiger charge is -2.36. The first-order valence-electron chi connectivity index (χ1n) is 9.66. The molecule has 0 atom stereocenters. The van der Waals surface area contributed by atoms with E-state index in [9.17, 15) is 4.79 Å². The molecule has 1 N–H and O–H groups in total. The van der Waals surface area contributed by atoms with Gasteiger partial charge in [-0.15, -0.1) is 0 Å². The maximum Gasteiger partial charge on any atom is 0.219 e. The number of carbonyl (C=O) groups excluding carboxylic acids is 1. The predicted molar refractivity (Wildman–Crippen MR) is 109 cm³/mol. The summed E-state index contributed by atoms with van der Waals surface area (Å²) in [5.74, 6) is 1.11. The maximum atomic E-state index is 11.5. The molecule has 26 heavy (non-hydrogen) atoms. The van der Waals surface area contributed by atoms with Gasteiger partial charge in [-0.3, -0.25) is 9.79 Å². The van der Waals surface area contributed by atoms with E-state index in [1.54, 1.807) is 6.92 Å². The first-order valence-corrected chi connectivity index (χ1v) is 9.66. The van der Waals surface area contributed by atoms with Gasteiger partial charge in [-0.25, -0.2) is 0 Å². The first-order chi connectivity index (χ1) is 12.6. The van der Waals surface area contributed by atoms with Gasteiger partial charge in [-0.2, -0.15) is 0 Å². The van der Waals surface area contributed by atoms with Crippen molar-refractivity contribution in [2.24, 2.45) is 4.99 Å². The molecule has 1 aromatic carbocycles. The van der Waals surface area contributed by atoms with Crippen molar-refractivity contribution >= 4 is 17.6 Å². The molecule has 6 heteroatoms. The molecule has 1 aromatic rings. The zero-order valence-corrected chi connectivity index (χ0v) is 16.7. The van der Waals surface area contributed by atoms with Crippen LogP contribution >= 0.6 is 0 Å². The summed E-state index contributed by atoms with van der Waals surface area (Å²) >= 11 is 0. The molecule has 1 fully saturated rings. The number of rotatable bonds is 6. The molecule has 0 spiro atoms. The minimum absolute atomic E-state index is 0.156. The van der Waals surface area contributed by atoms with Crippen LogP contribution in [0.25, 0.3) is 0 Å². The number of piperazine rings is 1. The Balaban J connectivity index is 1.96. The molecule has 0 aliphatic carbocycles. The summed E-state index contributed by atoms with van der Waals surface area (Å²) in [7, 11) is 0. The number of para-hydroxylation sites is 1. The van der Waals surface area contributed by atoms with Gasteiger partial charge >= 0.3 is 0 Å². The highest BCUT2D eigenvalue weighted by molar-refractivity contribution is 5.80. The van der Waals surface area contributed by atoms with Gasteiger partial charge in [0.2, 0.25) is 5.91 Å². The van der Waals surface area contributed by atoms with Gasteiger partial charge in [0.25, 0.3) is 0 Å². The summed E-state index contributed by atoms with van der Waals surface area (Å²) in [5, 5.41) is 3.39. The molecule has 1 aliphatic heterocycles. The molecule has 0 radical (unpaired) electrons. The van der Waals surface area contributed by atoms with Crippen LogP contribution in [0.5, 0.6) is 0 Å². The largest absolute Gasteiger partial charge is 0.370 e. The fourth-order valence-corrected chi connectivity index (χ4v) is 3.30. The molecule has 1 heterocycles. The number of hydrogen-bond acceptors (Lipinski definition) is 3. The molecule has 6 nitrogen and oxygen atoms in total. The van der Waals surface area contributed by atoms with Gasteiger partial charge in [-0.05, 0) is 32.4 Å². The van der Waals surface area contributed by atoms with E-state index >= 15 is 0 Å². The molecule has 0 bridgehead atoms. The van der Waals surface area contributed by atoms with Crippen LogP contribution in [-0.2, 0) is 4.79 Å². The quantitative estimate of drug-likeness (QED) is 0.623. The number of nitrogens with zero attached hydrogens (tertiary/aromatic N) is 4. The van der Waals surface area contributed by atoms with Crippen molar-refractivity contribution in [2.45, 2.75) is 27.7 Å². The smallest absolute Gasteiger partial charge is 0.219 e. The summed E-state index contributed by atoms with van der Waals surface area (Å²) < 4.78 is 0. The molecular formula is C20H33N5O. The third kappa shape index (κ3) is 5.38. The lowest BCUT2D eigenvalue weighted by atomic mass is 10.2. The molecule has 144 valence electrons. The van der Waals surface area contributed by atoms with Crippen LogP contribution in [0.15, 0.2) is 29.3 Å². The molecule has 0 aromatic heterocycles. The Bertz CT molecular complexity index is 608. The second-order valence-corrected chi connectivity index (χ2v) is 6.59. The van der Waals surface area contributed by atoms with Gasteiger partial charge in [0, 0.05) is 58.4 Å². The zero-order valence-electron chi connectivity index (χ0n) is 16.7. The van der Waals surface area contributed by atoms with E-state index < -0.39 is 0 Å². The fraction of sp³-hybridized carbons (Fsp3) is 0.600. The van der Waals surface area contributed by atoms with E-state index in [0.717, 1.165) is 58.3 Å². The van der Waals surface area contributed by atoms with Crippen LogP contribution in [0.3, 0.4) is 0 Å². The lowest BCUT2D eigenvalue weighted by Crippen LogP contribution is -2.53. The Morgan fingerprint density at radius 3 is 2.38 bits per heavy atom. The minimum atomic E-state index is 0.156. The van der Waals surface area contributed by atoms with Gasteiger partial charge in [0.05, 0.1) is 6.54 Å². The molecule has 0 saturated carbocycles. The minimum Gasteiger partial charge on any atom is -0.370 e. The first kappa shape index (κ1) is 20.1. The molecule has 0 unspecified atom stereocenters. The standard InChI is InChI=1S/C20H33N5O/c1-5-21-20(25-15-13-24(14-16-25)18(4)26)22-11-12-23(6-2)19-10-8-7-9-17(19)3/h7-10H,5-6,11-16H2,1-4H3,(H,21,22). The third-order valence-corrected chi connectivity index (χ3v) is 4.83.